The summed E-state index contributed by atoms with van der Waals surface area (Å²) in [5, 5.41) is 0.789. The van der Waals surface area contributed by atoms with E-state index < -0.39 is 28.7 Å². The Balaban J connectivity index is 1.32. The fraction of sp³-hybridized carbons (Fsp3) is 0.467. The lowest BCUT2D eigenvalue weighted by Crippen LogP contribution is -2.24. The third-order valence-corrected chi connectivity index (χ3v) is 10.6. The van der Waals surface area contributed by atoms with Crippen LogP contribution >= 0.6 is 34.5 Å². The Bertz CT molecular complexity index is 1560. The number of thiophene rings is 1. The van der Waals surface area contributed by atoms with Crippen molar-refractivity contribution in [3.05, 3.63) is 68.8 Å². The number of nitrogens with one attached hydrogen (secondary N) is 1. The van der Waals surface area contributed by atoms with E-state index in [-0.39, 0.29) is 43.6 Å². The van der Waals surface area contributed by atoms with Crippen molar-refractivity contribution in [1.82, 2.24) is 9.88 Å². The summed E-state index contributed by atoms with van der Waals surface area (Å²) in [7, 11) is -3.61. The number of benzene rings is 1. The number of nitrogens with zero attached hydrogens (tertiary/aromatic N) is 2. The normalized spacial score (nSPS) is 16.1. The second kappa shape index (κ2) is 15.3. The van der Waals surface area contributed by atoms with Crippen LogP contribution in [-0.2, 0) is 21.2 Å². The Labute approximate surface area is 274 Å². The molecular weight excluding hydrogens is 671 g/mol. The fourth-order valence-electron chi connectivity index (χ4n) is 4.95. The van der Waals surface area contributed by atoms with Crippen molar-refractivity contribution in [3.8, 4) is 11.5 Å². The standard InChI is InChI=1S/C30H33Cl2F2N3O6S2/c31-22-16-35-17-23(32)21(22)15-25(20-6-7-24(43-30(33)34)26(14-20)41-18-19-4-5-19)42-29(38)27-8-9-28(44-27)36-45(39,40)13-3-12-37-10-1-2-11-37/h6-9,14,16-17,19,25,30,36H,1-5,10-13,15,18H2/t25-/m0/s1. The molecule has 3 aromatic rings. The SMILES string of the molecule is O=C(O[C@@H](Cc1c(Cl)cncc1Cl)c1ccc(OC(F)F)c(OCC2CC2)c1)c1ccc(NS(=O)(=O)CCCN2CCCC2)s1. The highest BCUT2D eigenvalue weighted by molar-refractivity contribution is 7.92. The predicted octanol–water partition coefficient (Wildman–Crippen LogP) is 7.21. The maximum Gasteiger partial charge on any atom is 0.387 e. The number of rotatable bonds is 16. The molecule has 9 nitrogen and oxygen atoms in total. The number of sulfonamides is 1. The van der Waals surface area contributed by atoms with Crippen molar-refractivity contribution < 1.29 is 36.2 Å². The molecular formula is C30H33Cl2F2N3O6S2. The minimum absolute atomic E-state index is 0.0327. The second-order valence-corrected chi connectivity index (χ2v) is 14.7. The Morgan fingerprint density at radius 3 is 2.51 bits per heavy atom. The first-order valence-corrected chi connectivity index (χ1v) is 17.8. The van der Waals surface area contributed by atoms with Crippen LogP contribution in [0, 0.1) is 5.92 Å². The van der Waals surface area contributed by atoms with Crippen molar-refractivity contribution >= 4 is 55.5 Å². The van der Waals surface area contributed by atoms with Gasteiger partial charge in [-0.1, -0.05) is 29.3 Å². The molecule has 0 radical (unpaired) electrons. The number of hydrogen-bond acceptors (Lipinski definition) is 9. The average molecular weight is 705 g/mol. The van der Waals surface area contributed by atoms with Gasteiger partial charge in [0.2, 0.25) is 10.0 Å². The molecule has 15 heteroatoms. The van der Waals surface area contributed by atoms with Crippen LogP contribution in [0.15, 0.2) is 42.7 Å². The molecule has 0 spiro atoms. The predicted molar refractivity (Wildman–Crippen MR) is 169 cm³/mol. The van der Waals surface area contributed by atoms with Crippen LogP contribution < -0.4 is 14.2 Å². The first kappa shape index (κ1) is 33.6. The van der Waals surface area contributed by atoms with Crippen LogP contribution in [0.4, 0.5) is 13.8 Å². The molecule has 0 unspecified atom stereocenters. The van der Waals surface area contributed by atoms with Crippen LogP contribution in [0.1, 0.15) is 59.0 Å². The first-order chi connectivity index (χ1) is 21.6. The summed E-state index contributed by atoms with van der Waals surface area (Å²) in [6.45, 7) is -0.0162. The molecule has 2 aliphatic rings. The summed E-state index contributed by atoms with van der Waals surface area (Å²) < 4.78 is 70.5. The van der Waals surface area contributed by atoms with Gasteiger partial charge in [0, 0.05) is 18.8 Å². The summed E-state index contributed by atoms with van der Waals surface area (Å²) in [5.41, 5.74) is 0.892. The van der Waals surface area contributed by atoms with Gasteiger partial charge in [0.15, 0.2) is 11.5 Å². The van der Waals surface area contributed by atoms with Gasteiger partial charge >= 0.3 is 12.6 Å². The van der Waals surface area contributed by atoms with Crippen LogP contribution in [0.3, 0.4) is 0 Å². The molecule has 1 atom stereocenters. The summed E-state index contributed by atoms with van der Waals surface area (Å²) in [6.07, 6.45) is 6.63. The third kappa shape index (κ3) is 9.89. The van der Waals surface area contributed by atoms with Gasteiger partial charge in [-0.05, 0) is 93.0 Å². The van der Waals surface area contributed by atoms with Crippen molar-refractivity contribution in [1.29, 1.82) is 0 Å². The molecule has 1 aliphatic heterocycles. The lowest BCUT2D eigenvalue weighted by atomic mass is 10.0. The lowest BCUT2D eigenvalue weighted by molar-refractivity contribution is -0.0515. The Morgan fingerprint density at radius 2 is 1.82 bits per heavy atom. The van der Waals surface area contributed by atoms with Crippen LogP contribution in [0.5, 0.6) is 11.5 Å². The van der Waals surface area contributed by atoms with E-state index in [9.17, 15) is 22.0 Å². The van der Waals surface area contributed by atoms with Gasteiger partial charge < -0.3 is 19.1 Å². The van der Waals surface area contributed by atoms with Crippen LogP contribution in [0.2, 0.25) is 10.0 Å². The van der Waals surface area contributed by atoms with Gasteiger partial charge in [-0.2, -0.15) is 8.78 Å². The molecule has 1 aliphatic carbocycles. The zero-order valence-corrected chi connectivity index (χ0v) is 27.4. The lowest BCUT2D eigenvalue weighted by Gasteiger charge is -2.21. The number of aromatic nitrogens is 1. The Morgan fingerprint density at radius 1 is 1.09 bits per heavy atom. The minimum Gasteiger partial charge on any atom is -0.489 e. The molecule has 0 amide bonds. The molecule has 3 heterocycles. The van der Waals surface area contributed by atoms with Gasteiger partial charge in [-0.25, -0.2) is 13.2 Å². The highest BCUT2D eigenvalue weighted by Crippen LogP contribution is 2.38. The number of ether oxygens (including phenoxy) is 3. The second-order valence-electron chi connectivity index (χ2n) is 11.0. The smallest absolute Gasteiger partial charge is 0.387 e. The zero-order valence-electron chi connectivity index (χ0n) is 24.2. The van der Waals surface area contributed by atoms with E-state index >= 15 is 0 Å². The fourth-order valence-corrected chi connectivity index (χ4v) is 7.64. The molecule has 45 heavy (non-hydrogen) atoms. The number of alkyl halides is 2. The largest absolute Gasteiger partial charge is 0.489 e. The van der Waals surface area contributed by atoms with Gasteiger partial charge in [-0.15, -0.1) is 11.3 Å². The highest BCUT2D eigenvalue weighted by atomic mass is 35.5. The number of carbonyl (C=O) groups excluding carboxylic acids is 1. The molecule has 2 aromatic heterocycles. The quantitative estimate of drug-likeness (QED) is 0.156. The molecule has 1 saturated heterocycles. The monoisotopic (exact) mass is 703 g/mol. The summed E-state index contributed by atoms with van der Waals surface area (Å²) in [6, 6.07) is 7.31. The number of likely N-dealkylation sites (tertiary alicyclic amines) is 1. The van der Waals surface area contributed by atoms with Crippen molar-refractivity contribution in [2.24, 2.45) is 5.92 Å². The van der Waals surface area contributed by atoms with E-state index in [0.717, 1.165) is 56.7 Å². The number of pyridine rings is 1. The summed E-state index contributed by atoms with van der Waals surface area (Å²) in [4.78, 5) is 19.8. The zero-order chi connectivity index (χ0) is 32.0. The van der Waals surface area contributed by atoms with Gasteiger partial charge in [0.05, 0.1) is 22.4 Å². The van der Waals surface area contributed by atoms with E-state index in [2.05, 4.69) is 19.3 Å². The molecule has 0 bridgehead atoms. The van der Waals surface area contributed by atoms with E-state index in [1.807, 2.05) is 0 Å². The van der Waals surface area contributed by atoms with Crippen molar-refractivity contribution in [3.63, 3.8) is 0 Å². The molecule has 5 rings (SSSR count). The van der Waals surface area contributed by atoms with E-state index in [1.165, 1.54) is 42.7 Å². The van der Waals surface area contributed by atoms with Gasteiger partial charge in [0.1, 0.15) is 16.0 Å². The number of anilines is 1. The maximum absolute atomic E-state index is 13.4. The Kier molecular flexibility index (Phi) is 11.4. The van der Waals surface area contributed by atoms with Gasteiger partial charge in [-0.3, -0.25) is 9.71 Å². The van der Waals surface area contributed by atoms with Crippen molar-refractivity contribution in [2.45, 2.75) is 51.2 Å². The Hall–Kier alpha value is -2.71. The van der Waals surface area contributed by atoms with Gasteiger partial charge in [0.25, 0.3) is 0 Å². The number of carbonyl (C=O) groups is 1. The number of halogens is 4. The van der Waals surface area contributed by atoms with Crippen LogP contribution in [-0.4, -0.2) is 62.9 Å². The van der Waals surface area contributed by atoms with Crippen molar-refractivity contribution in [2.75, 3.05) is 36.7 Å². The average Bonchev–Trinajstić information content (AvgIpc) is 3.44. The minimum atomic E-state index is -3.61. The first-order valence-electron chi connectivity index (χ1n) is 14.6. The molecule has 1 N–H and O–H groups in total. The van der Waals surface area contributed by atoms with E-state index in [1.54, 1.807) is 0 Å². The maximum atomic E-state index is 13.4. The molecule has 1 saturated carbocycles. The van der Waals surface area contributed by atoms with E-state index in [4.69, 9.17) is 32.7 Å². The topological polar surface area (TPSA) is 107 Å². The van der Waals surface area contributed by atoms with E-state index in [0.29, 0.717) is 30.1 Å². The van der Waals surface area contributed by atoms with Crippen LogP contribution in [0.25, 0.3) is 0 Å². The number of esters is 1. The number of hydrogen-bond donors (Lipinski definition) is 1. The molecule has 2 fully saturated rings. The molecule has 1 aromatic carbocycles. The highest BCUT2D eigenvalue weighted by Gasteiger charge is 2.27. The third-order valence-electron chi connectivity index (χ3n) is 7.47. The summed E-state index contributed by atoms with van der Waals surface area (Å²) in [5.74, 6) is -0.473. The molecule has 244 valence electrons. The summed E-state index contributed by atoms with van der Waals surface area (Å²) >= 11 is 13.7.